The summed E-state index contributed by atoms with van der Waals surface area (Å²) in [5.41, 5.74) is 8.48. The standard InChI is InChI=1S/C17H22N2OS/c1-12-7-9-17(20-2,10-8-12)16-19-15(11-21-16)13-3-5-14(18)6-4-13/h3-6,11-12H,7-10,18H2,1-2H3. The van der Waals surface area contributed by atoms with Gasteiger partial charge in [-0.1, -0.05) is 19.1 Å². The quantitative estimate of drug-likeness (QED) is 0.852. The SMILES string of the molecule is COC1(c2nc(-c3ccc(N)cc3)cs2)CCC(C)CC1. The van der Waals surface area contributed by atoms with Gasteiger partial charge in [-0.2, -0.15) is 0 Å². The van der Waals surface area contributed by atoms with Gasteiger partial charge < -0.3 is 10.5 Å². The molecule has 0 radical (unpaired) electrons. The summed E-state index contributed by atoms with van der Waals surface area (Å²) in [6.07, 6.45) is 4.56. The van der Waals surface area contributed by atoms with Crippen LogP contribution in [0.25, 0.3) is 11.3 Å². The molecule has 4 heteroatoms. The summed E-state index contributed by atoms with van der Waals surface area (Å²) in [7, 11) is 1.82. The van der Waals surface area contributed by atoms with Crippen molar-refractivity contribution in [3.63, 3.8) is 0 Å². The second kappa shape index (κ2) is 5.78. The summed E-state index contributed by atoms with van der Waals surface area (Å²) >= 11 is 1.71. The van der Waals surface area contributed by atoms with Crippen molar-refractivity contribution in [1.82, 2.24) is 4.98 Å². The molecular formula is C17H22N2OS. The van der Waals surface area contributed by atoms with Crippen LogP contribution in [0.1, 0.15) is 37.6 Å². The van der Waals surface area contributed by atoms with Crippen molar-refractivity contribution in [2.24, 2.45) is 5.92 Å². The van der Waals surface area contributed by atoms with Crippen molar-refractivity contribution in [2.75, 3.05) is 12.8 Å². The van der Waals surface area contributed by atoms with Crippen LogP contribution in [0, 0.1) is 5.92 Å². The molecule has 112 valence electrons. The van der Waals surface area contributed by atoms with E-state index in [2.05, 4.69) is 12.3 Å². The minimum atomic E-state index is -0.177. The first-order chi connectivity index (χ1) is 10.1. The van der Waals surface area contributed by atoms with Crippen LogP contribution in [0.2, 0.25) is 0 Å². The third-order valence-corrected chi connectivity index (χ3v) is 5.60. The van der Waals surface area contributed by atoms with E-state index in [9.17, 15) is 0 Å². The largest absolute Gasteiger partial charge is 0.399 e. The van der Waals surface area contributed by atoms with Crippen LogP contribution in [0.3, 0.4) is 0 Å². The molecule has 0 spiro atoms. The number of hydrogen-bond acceptors (Lipinski definition) is 4. The molecule has 1 aromatic heterocycles. The van der Waals surface area contributed by atoms with E-state index < -0.39 is 0 Å². The highest BCUT2D eigenvalue weighted by atomic mass is 32.1. The number of rotatable bonds is 3. The Labute approximate surface area is 130 Å². The fourth-order valence-corrected chi connectivity index (χ4v) is 4.07. The van der Waals surface area contributed by atoms with Gasteiger partial charge in [-0.25, -0.2) is 4.98 Å². The molecule has 0 amide bonds. The Bertz CT molecular complexity index is 598. The first-order valence-corrected chi connectivity index (χ1v) is 8.38. The van der Waals surface area contributed by atoms with Crippen molar-refractivity contribution in [3.05, 3.63) is 34.7 Å². The van der Waals surface area contributed by atoms with Gasteiger partial charge in [0.1, 0.15) is 10.6 Å². The molecule has 0 saturated heterocycles. The zero-order valence-corrected chi connectivity index (χ0v) is 13.5. The molecule has 1 aromatic carbocycles. The second-order valence-corrected chi connectivity index (χ2v) is 6.90. The minimum Gasteiger partial charge on any atom is -0.399 e. The molecule has 1 aliphatic carbocycles. The first kappa shape index (κ1) is 14.5. The fraction of sp³-hybridized carbons (Fsp3) is 0.471. The number of methoxy groups -OCH3 is 1. The number of benzene rings is 1. The molecule has 3 rings (SSSR count). The number of nitrogens with zero attached hydrogens (tertiary/aromatic N) is 1. The van der Waals surface area contributed by atoms with Gasteiger partial charge in [0, 0.05) is 23.7 Å². The molecule has 2 aromatic rings. The van der Waals surface area contributed by atoms with Gasteiger partial charge in [-0.3, -0.25) is 0 Å². The van der Waals surface area contributed by atoms with E-state index in [1.807, 2.05) is 31.4 Å². The van der Waals surface area contributed by atoms with Gasteiger partial charge in [0.2, 0.25) is 0 Å². The molecule has 0 bridgehead atoms. The number of aromatic nitrogens is 1. The van der Waals surface area contributed by atoms with E-state index in [0.29, 0.717) is 0 Å². The highest BCUT2D eigenvalue weighted by molar-refractivity contribution is 7.10. The summed E-state index contributed by atoms with van der Waals surface area (Å²) < 4.78 is 5.91. The number of hydrogen-bond donors (Lipinski definition) is 1. The van der Waals surface area contributed by atoms with E-state index >= 15 is 0 Å². The zero-order chi connectivity index (χ0) is 14.9. The molecule has 1 saturated carbocycles. The number of ether oxygens (including phenoxy) is 1. The molecule has 2 N–H and O–H groups in total. The lowest BCUT2D eigenvalue weighted by Crippen LogP contribution is -2.33. The average Bonchev–Trinajstić information content (AvgIpc) is 3.00. The van der Waals surface area contributed by atoms with E-state index in [1.165, 1.54) is 12.8 Å². The molecule has 0 unspecified atom stereocenters. The summed E-state index contributed by atoms with van der Waals surface area (Å²) in [5.74, 6) is 0.796. The van der Waals surface area contributed by atoms with E-state index in [1.54, 1.807) is 11.3 Å². The van der Waals surface area contributed by atoms with Gasteiger partial charge in [0.15, 0.2) is 0 Å². The third-order valence-electron chi connectivity index (χ3n) is 4.57. The molecule has 0 atom stereocenters. The number of anilines is 1. The number of thiazole rings is 1. The normalized spacial score (nSPS) is 25.9. The molecule has 1 fully saturated rings. The molecule has 1 aliphatic rings. The lowest BCUT2D eigenvalue weighted by atomic mass is 9.80. The molecule has 1 heterocycles. The Morgan fingerprint density at radius 3 is 2.52 bits per heavy atom. The van der Waals surface area contributed by atoms with E-state index in [-0.39, 0.29) is 5.60 Å². The highest BCUT2D eigenvalue weighted by Crippen LogP contribution is 2.43. The highest BCUT2D eigenvalue weighted by Gasteiger charge is 2.38. The molecule has 21 heavy (non-hydrogen) atoms. The topological polar surface area (TPSA) is 48.1 Å². The van der Waals surface area contributed by atoms with Gasteiger partial charge >= 0.3 is 0 Å². The van der Waals surface area contributed by atoms with Crippen LogP contribution in [-0.2, 0) is 10.3 Å². The average molecular weight is 302 g/mol. The lowest BCUT2D eigenvalue weighted by Gasteiger charge is -2.36. The second-order valence-electron chi connectivity index (χ2n) is 6.04. The van der Waals surface area contributed by atoms with Crippen molar-refractivity contribution in [2.45, 2.75) is 38.2 Å². The van der Waals surface area contributed by atoms with Gasteiger partial charge in [0.25, 0.3) is 0 Å². The molecular weight excluding hydrogens is 280 g/mol. The van der Waals surface area contributed by atoms with Crippen LogP contribution >= 0.6 is 11.3 Å². The van der Waals surface area contributed by atoms with Gasteiger partial charge in [-0.15, -0.1) is 11.3 Å². The van der Waals surface area contributed by atoms with Gasteiger partial charge in [0.05, 0.1) is 5.69 Å². The summed E-state index contributed by atoms with van der Waals surface area (Å²) in [6.45, 7) is 2.32. The fourth-order valence-electron chi connectivity index (χ4n) is 3.00. The Kier molecular flexibility index (Phi) is 4.00. The third kappa shape index (κ3) is 2.83. The maximum Gasteiger partial charge on any atom is 0.125 e. The smallest absolute Gasteiger partial charge is 0.125 e. The van der Waals surface area contributed by atoms with Gasteiger partial charge in [-0.05, 0) is 43.7 Å². The molecule has 0 aliphatic heterocycles. The lowest BCUT2D eigenvalue weighted by molar-refractivity contribution is -0.0530. The molecule has 3 nitrogen and oxygen atoms in total. The summed E-state index contributed by atoms with van der Waals surface area (Å²) in [6, 6.07) is 7.89. The Hall–Kier alpha value is -1.39. The van der Waals surface area contributed by atoms with Crippen LogP contribution in [-0.4, -0.2) is 12.1 Å². The maximum absolute atomic E-state index is 5.91. The van der Waals surface area contributed by atoms with Crippen LogP contribution in [0.4, 0.5) is 5.69 Å². The Balaban J connectivity index is 1.88. The predicted octanol–water partition coefficient (Wildman–Crippen LogP) is 4.44. The minimum absolute atomic E-state index is 0.177. The monoisotopic (exact) mass is 302 g/mol. The van der Waals surface area contributed by atoms with Crippen molar-refractivity contribution < 1.29 is 4.74 Å². The van der Waals surface area contributed by atoms with Crippen LogP contribution < -0.4 is 5.73 Å². The zero-order valence-electron chi connectivity index (χ0n) is 12.6. The van der Waals surface area contributed by atoms with Crippen molar-refractivity contribution >= 4 is 17.0 Å². The number of nitrogen functional groups attached to an aromatic ring is 1. The maximum atomic E-state index is 5.91. The summed E-state index contributed by atoms with van der Waals surface area (Å²) in [5, 5.41) is 3.24. The first-order valence-electron chi connectivity index (χ1n) is 7.50. The Morgan fingerprint density at radius 2 is 1.90 bits per heavy atom. The summed E-state index contributed by atoms with van der Waals surface area (Å²) in [4.78, 5) is 4.85. The number of nitrogens with two attached hydrogens (primary N) is 1. The predicted molar refractivity (Wildman–Crippen MR) is 88.3 cm³/mol. The van der Waals surface area contributed by atoms with Crippen molar-refractivity contribution in [1.29, 1.82) is 0 Å². The Morgan fingerprint density at radius 1 is 1.24 bits per heavy atom. The van der Waals surface area contributed by atoms with E-state index in [0.717, 1.165) is 40.7 Å². The van der Waals surface area contributed by atoms with Crippen molar-refractivity contribution in [3.8, 4) is 11.3 Å². The van der Waals surface area contributed by atoms with Crippen LogP contribution in [0.5, 0.6) is 0 Å². The van der Waals surface area contributed by atoms with Crippen LogP contribution in [0.15, 0.2) is 29.6 Å². The van der Waals surface area contributed by atoms with E-state index in [4.69, 9.17) is 15.5 Å².